The number of aliphatic carboxylic acids is 1. The number of halogens is 1. The first-order chi connectivity index (χ1) is 9.52. The van der Waals surface area contributed by atoms with Crippen molar-refractivity contribution in [1.29, 1.82) is 0 Å². The minimum Gasteiger partial charge on any atom is -0.481 e. The van der Waals surface area contributed by atoms with Crippen molar-refractivity contribution in [3.63, 3.8) is 0 Å². The monoisotopic (exact) mass is 294 g/mol. The lowest BCUT2D eigenvalue weighted by Crippen LogP contribution is -2.06. The van der Waals surface area contributed by atoms with Gasteiger partial charge in [0.15, 0.2) is 5.16 Å². The van der Waals surface area contributed by atoms with Gasteiger partial charge in [0.25, 0.3) is 0 Å². The molecular weight excluding hydrogens is 279 g/mol. The summed E-state index contributed by atoms with van der Waals surface area (Å²) < 4.78 is 15.7. The molecule has 0 bridgehead atoms. The first-order valence-electron chi connectivity index (χ1n) is 6.20. The van der Waals surface area contributed by atoms with Crippen LogP contribution in [0.1, 0.15) is 18.2 Å². The van der Waals surface area contributed by atoms with E-state index in [4.69, 9.17) is 5.11 Å². The van der Waals surface area contributed by atoms with Crippen LogP contribution in [0.2, 0.25) is 0 Å². The molecule has 0 saturated heterocycles. The number of benzene rings is 1. The average molecular weight is 294 g/mol. The summed E-state index contributed by atoms with van der Waals surface area (Å²) in [6.07, 6.45) is 2.35. The van der Waals surface area contributed by atoms with Crippen LogP contribution in [-0.2, 0) is 11.2 Å². The quantitative estimate of drug-likeness (QED) is 0.861. The summed E-state index contributed by atoms with van der Waals surface area (Å²) in [7, 11) is 0. The van der Waals surface area contributed by atoms with Crippen molar-refractivity contribution in [2.75, 3.05) is 5.75 Å². The highest BCUT2D eigenvalue weighted by Gasteiger charge is 2.15. The van der Waals surface area contributed by atoms with Crippen LogP contribution < -0.4 is 0 Å². The molecule has 0 aliphatic carbocycles. The second-order valence-electron chi connectivity index (χ2n) is 4.36. The topological polar surface area (TPSA) is 55.1 Å². The maximum Gasteiger partial charge on any atom is 0.313 e. The SMILES string of the molecule is CCc1cnc(SCC(=O)O)n1-c1cc(C)ccc1F. The van der Waals surface area contributed by atoms with Crippen molar-refractivity contribution in [3.8, 4) is 5.69 Å². The van der Waals surface area contributed by atoms with Gasteiger partial charge in [0.2, 0.25) is 0 Å². The summed E-state index contributed by atoms with van der Waals surface area (Å²) in [4.78, 5) is 14.9. The second-order valence-corrected chi connectivity index (χ2v) is 5.30. The maximum absolute atomic E-state index is 14.1. The van der Waals surface area contributed by atoms with E-state index in [2.05, 4.69) is 4.98 Å². The number of carbonyl (C=O) groups is 1. The van der Waals surface area contributed by atoms with Gasteiger partial charge in [-0.15, -0.1) is 0 Å². The minimum atomic E-state index is -0.924. The lowest BCUT2D eigenvalue weighted by atomic mass is 10.2. The van der Waals surface area contributed by atoms with Crippen LogP contribution in [0.15, 0.2) is 29.6 Å². The molecule has 1 aromatic carbocycles. The van der Waals surface area contributed by atoms with Crippen LogP contribution >= 0.6 is 11.8 Å². The highest BCUT2D eigenvalue weighted by molar-refractivity contribution is 7.99. The Labute approximate surface area is 120 Å². The Bertz CT molecular complexity index is 640. The van der Waals surface area contributed by atoms with Gasteiger partial charge in [-0.25, -0.2) is 9.37 Å². The van der Waals surface area contributed by atoms with Crippen molar-refractivity contribution in [1.82, 2.24) is 9.55 Å². The smallest absolute Gasteiger partial charge is 0.313 e. The van der Waals surface area contributed by atoms with Crippen molar-refractivity contribution >= 4 is 17.7 Å². The van der Waals surface area contributed by atoms with Gasteiger partial charge >= 0.3 is 5.97 Å². The Kier molecular flexibility index (Phi) is 4.44. The molecule has 0 aliphatic heterocycles. The average Bonchev–Trinajstić information content (AvgIpc) is 2.82. The number of aromatic nitrogens is 2. The molecule has 0 fully saturated rings. The van der Waals surface area contributed by atoms with Crippen molar-refractivity contribution in [2.24, 2.45) is 0 Å². The number of nitrogens with zero attached hydrogens (tertiary/aromatic N) is 2. The first-order valence-corrected chi connectivity index (χ1v) is 7.19. The van der Waals surface area contributed by atoms with Crippen LogP contribution in [0.3, 0.4) is 0 Å². The van der Waals surface area contributed by atoms with Crippen LogP contribution in [0.4, 0.5) is 4.39 Å². The minimum absolute atomic E-state index is 0.104. The molecule has 0 saturated carbocycles. The molecule has 0 spiro atoms. The first kappa shape index (κ1) is 14.6. The van der Waals surface area contributed by atoms with Gasteiger partial charge in [0.05, 0.1) is 11.4 Å². The third-order valence-electron chi connectivity index (χ3n) is 2.83. The van der Waals surface area contributed by atoms with Crippen molar-refractivity contribution in [2.45, 2.75) is 25.4 Å². The fourth-order valence-corrected chi connectivity index (χ4v) is 2.62. The maximum atomic E-state index is 14.1. The molecule has 106 valence electrons. The summed E-state index contributed by atoms with van der Waals surface area (Å²) in [6.45, 7) is 3.84. The molecule has 6 heteroatoms. The van der Waals surface area contributed by atoms with E-state index < -0.39 is 5.97 Å². The molecule has 0 atom stereocenters. The van der Waals surface area contributed by atoms with Crippen molar-refractivity contribution in [3.05, 3.63) is 41.5 Å². The number of thioether (sulfide) groups is 1. The zero-order valence-electron chi connectivity index (χ0n) is 11.3. The van der Waals surface area contributed by atoms with E-state index in [0.717, 1.165) is 23.0 Å². The van der Waals surface area contributed by atoms with Crippen molar-refractivity contribution < 1.29 is 14.3 Å². The zero-order valence-corrected chi connectivity index (χ0v) is 12.1. The number of aryl methyl sites for hydroxylation is 2. The number of carboxylic acid groups (broad SMARTS) is 1. The summed E-state index contributed by atoms with van der Waals surface area (Å²) in [5, 5.41) is 9.26. The van der Waals surface area contributed by atoms with Gasteiger partial charge < -0.3 is 5.11 Å². The molecule has 0 radical (unpaired) electrons. The highest BCUT2D eigenvalue weighted by atomic mass is 32.2. The van der Waals surface area contributed by atoms with E-state index in [-0.39, 0.29) is 11.6 Å². The fraction of sp³-hybridized carbons (Fsp3) is 0.286. The zero-order chi connectivity index (χ0) is 14.7. The van der Waals surface area contributed by atoms with E-state index in [0.29, 0.717) is 17.3 Å². The molecular formula is C14H15FN2O2S. The number of rotatable bonds is 5. The molecule has 4 nitrogen and oxygen atoms in total. The molecule has 2 rings (SSSR count). The van der Waals surface area contributed by atoms with Gasteiger partial charge in [-0.3, -0.25) is 9.36 Å². The standard InChI is InChI=1S/C14H15FN2O2S/c1-3-10-7-16-14(20-8-13(18)19)17(10)12-6-9(2)4-5-11(12)15/h4-7H,3,8H2,1-2H3,(H,18,19). The van der Waals surface area contributed by atoms with E-state index in [9.17, 15) is 9.18 Å². The number of carboxylic acids is 1. The normalized spacial score (nSPS) is 10.8. The summed E-state index contributed by atoms with van der Waals surface area (Å²) in [5.41, 5.74) is 2.20. The predicted molar refractivity (Wildman–Crippen MR) is 76.0 cm³/mol. The number of hydrogen-bond acceptors (Lipinski definition) is 3. The molecule has 0 unspecified atom stereocenters. The number of hydrogen-bond donors (Lipinski definition) is 1. The third-order valence-corrected chi connectivity index (χ3v) is 3.77. The molecule has 20 heavy (non-hydrogen) atoms. The van der Waals surface area contributed by atoms with E-state index in [1.54, 1.807) is 22.9 Å². The van der Waals surface area contributed by atoms with E-state index in [1.807, 2.05) is 13.8 Å². The summed E-state index contributed by atoms with van der Waals surface area (Å²) in [6, 6.07) is 4.85. The predicted octanol–water partition coefficient (Wildman–Crippen LogP) is 3.06. The van der Waals surface area contributed by atoms with E-state index >= 15 is 0 Å². The second kappa shape index (κ2) is 6.09. The molecule has 2 aromatic rings. The van der Waals surface area contributed by atoms with Crippen LogP contribution in [-0.4, -0.2) is 26.4 Å². The molecule has 0 amide bonds. The number of imidazole rings is 1. The fourth-order valence-electron chi connectivity index (χ4n) is 1.90. The lowest BCUT2D eigenvalue weighted by molar-refractivity contribution is -0.133. The Morgan fingerprint density at radius 1 is 1.50 bits per heavy atom. The van der Waals surface area contributed by atoms with Gasteiger partial charge in [-0.2, -0.15) is 0 Å². The summed E-state index contributed by atoms with van der Waals surface area (Å²) >= 11 is 1.09. The Balaban J connectivity index is 2.50. The van der Waals surface area contributed by atoms with Gasteiger partial charge in [-0.05, 0) is 31.0 Å². The molecule has 1 aromatic heterocycles. The van der Waals surface area contributed by atoms with Crippen LogP contribution in [0.5, 0.6) is 0 Å². The lowest BCUT2D eigenvalue weighted by Gasteiger charge is -2.12. The molecule has 1 N–H and O–H groups in total. The molecule has 0 aliphatic rings. The van der Waals surface area contributed by atoms with Crippen LogP contribution in [0.25, 0.3) is 5.69 Å². The van der Waals surface area contributed by atoms with Gasteiger partial charge in [0.1, 0.15) is 5.82 Å². The van der Waals surface area contributed by atoms with Gasteiger partial charge in [0, 0.05) is 11.9 Å². The van der Waals surface area contributed by atoms with Gasteiger partial charge in [-0.1, -0.05) is 24.8 Å². The Morgan fingerprint density at radius 2 is 2.25 bits per heavy atom. The van der Waals surface area contributed by atoms with Crippen LogP contribution in [0, 0.1) is 12.7 Å². The third kappa shape index (κ3) is 3.01. The summed E-state index contributed by atoms with van der Waals surface area (Å²) in [5.74, 6) is -1.37. The Morgan fingerprint density at radius 3 is 2.90 bits per heavy atom. The Hall–Kier alpha value is -1.82. The van der Waals surface area contributed by atoms with E-state index in [1.165, 1.54) is 6.07 Å². The largest absolute Gasteiger partial charge is 0.481 e. The molecule has 1 heterocycles. The highest BCUT2D eigenvalue weighted by Crippen LogP contribution is 2.26.